The second kappa shape index (κ2) is 7.06. The Labute approximate surface area is 121 Å². The molecule has 19 heavy (non-hydrogen) atoms. The van der Waals surface area contributed by atoms with E-state index in [9.17, 15) is 0 Å². The predicted molar refractivity (Wildman–Crippen MR) is 83.9 cm³/mol. The van der Waals surface area contributed by atoms with E-state index in [1.165, 1.54) is 23.1 Å². The summed E-state index contributed by atoms with van der Waals surface area (Å²) < 4.78 is 5.59. The fourth-order valence-electron chi connectivity index (χ4n) is 2.40. The van der Waals surface area contributed by atoms with Gasteiger partial charge in [-0.15, -0.1) is 0 Å². The van der Waals surface area contributed by atoms with Crippen LogP contribution in [0.3, 0.4) is 0 Å². The molecular formula is C17H23OS. The van der Waals surface area contributed by atoms with Gasteiger partial charge >= 0.3 is 0 Å². The Morgan fingerprint density at radius 3 is 2.89 bits per heavy atom. The maximum atomic E-state index is 5.59. The summed E-state index contributed by atoms with van der Waals surface area (Å²) in [7, 11) is 0. The summed E-state index contributed by atoms with van der Waals surface area (Å²) in [6.45, 7) is 9.94. The van der Waals surface area contributed by atoms with Gasteiger partial charge in [0.1, 0.15) is 0 Å². The van der Waals surface area contributed by atoms with Crippen molar-refractivity contribution in [3.63, 3.8) is 0 Å². The van der Waals surface area contributed by atoms with Crippen LogP contribution in [0.2, 0.25) is 0 Å². The Hall–Kier alpha value is -0.860. The van der Waals surface area contributed by atoms with E-state index in [0.29, 0.717) is 11.8 Å². The molecule has 0 aromatic carbocycles. The molecule has 1 aliphatic carbocycles. The Balaban J connectivity index is 1.82. The molecule has 2 aliphatic rings. The van der Waals surface area contributed by atoms with Crippen LogP contribution in [0.15, 0.2) is 29.0 Å². The van der Waals surface area contributed by atoms with E-state index in [-0.39, 0.29) is 0 Å². The summed E-state index contributed by atoms with van der Waals surface area (Å²) in [6, 6.07) is 6.76. The number of fused-ring (bicyclic) bond motifs is 1. The summed E-state index contributed by atoms with van der Waals surface area (Å²) in [5.41, 5.74) is 4.27. The fraction of sp³-hybridized carbons (Fsp3) is 0.471. The molecule has 0 amide bonds. The number of ether oxygens (including phenoxy) is 1. The molecule has 0 saturated heterocycles. The highest BCUT2D eigenvalue weighted by atomic mass is 32.1. The summed E-state index contributed by atoms with van der Waals surface area (Å²) in [4.78, 5) is 0. The number of hydrogen-bond donors (Lipinski definition) is 0. The lowest BCUT2D eigenvalue weighted by atomic mass is 9.95. The SMILES string of the molecule is [CH2]C(C)COCCCC(C)c1ccc2csccc1-2. The topological polar surface area (TPSA) is 9.23 Å². The summed E-state index contributed by atoms with van der Waals surface area (Å²) in [5.74, 6) is 0.989. The molecule has 2 atom stereocenters. The van der Waals surface area contributed by atoms with Crippen molar-refractivity contribution in [3.05, 3.63) is 41.4 Å². The molecule has 103 valence electrons. The second-order valence-corrected chi connectivity index (χ2v) is 6.22. The van der Waals surface area contributed by atoms with E-state index in [2.05, 4.69) is 49.7 Å². The minimum atomic E-state index is 0.387. The number of hydrogen-bond acceptors (Lipinski definition) is 2. The Morgan fingerprint density at radius 2 is 2.11 bits per heavy atom. The quantitative estimate of drug-likeness (QED) is 0.629. The van der Waals surface area contributed by atoms with Gasteiger partial charge in [-0.2, -0.15) is 11.3 Å². The van der Waals surface area contributed by atoms with Gasteiger partial charge in [0.05, 0.1) is 0 Å². The first-order valence-corrected chi connectivity index (χ1v) is 7.98. The van der Waals surface area contributed by atoms with Crippen LogP contribution in [0.5, 0.6) is 0 Å². The standard InChI is InChI=1S/C17H23OS/c1-13(2)11-18-9-4-5-14(3)16-7-6-15-12-19-10-8-17(15)16/h6-8,10,12-14H,1,4-5,9,11H2,2-3H3. The summed E-state index contributed by atoms with van der Waals surface area (Å²) >= 11 is 1.76. The first-order chi connectivity index (χ1) is 9.18. The van der Waals surface area contributed by atoms with Crippen LogP contribution in [0.1, 0.15) is 38.2 Å². The van der Waals surface area contributed by atoms with Gasteiger partial charge in [0.15, 0.2) is 0 Å². The molecular weight excluding hydrogens is 252 g/mol. The van der Waals surface area contributed by atoms with Crippen LogP contribution in [0.25, 0.3) is 11.1 Å². The molecule has 1 nitrogen and oxygen atoms in total. The normalized spacial score (nSPS) is 13.3. The van der Waals surface area contributed by atoms with Gasteiger partial charge in [-0.1, -0.05) is 26.0 Å². The average molecular weight is 275 g/mol. The van der Waals surface area contributed by atoms with Crippen molar-refractivity contribution < 1.29 is 4.74 Å². The predicted octanol–water partition coefficient (Wildman–Crippen LogP) is 5.22. The third-order valence-electron chi connectivity index (χ3n) is 3.43. The Morgan fingerprint density at radius 1 is 1.26 bits per heavy atom. The molecule has 0 bridgehead atoms. The van der Waals surface area contributed by atoms with Gasteiger partial charge in [0, 0.05) is 13.2 Å². The average Bonchev–Trinajstić information content (AvgIpc) is 2.81. The monoisotopic (exact) mass is 275 g/mol. The molecule has 1 heterocycles. The second-order valence-electron chi connectivity index (χ2n) is 5.44. The van der Waals surface area contributed by atoms with Gasteiger partial charge in [0.25, 0.3) is 0 Å². The smallest absolute Gasteiger partial charge is 0.0491 e. The molecule has 0 spiro atoms. The molecule has 2 rings (SSSR count). The van der Waals surface area contributed by atoms with E-state index in [1.54, 1.807) is 11.3 Å². The van der Waals surface area contributed by atoms with Crippen LogP contribution in [0.4, 0.5) is 0 Å². The maximum absolute atomic E-state index is 5.59. The lowest BCUT2D eigenvalue weighted by Gasteiger charge is -2.13. The molecule has 0 saturated carbocycles. The van der Waals surface area contributed by atoms with Crippen LogP contribution in [0, 0.1) is 12.8 Å². The van der Waals surface area contributed by atoms with Gasteiger partial charge in [0.2, 0.25) is 0 Å². The first-order valence-electron chi connectivity index (χ1n) is 7.04. The molecule has 1 aliphatic heterocycles. The molecule has 0 fully saturated rings. The van der Waals surface area contributed by atoms with E-state index in [1.807, 2.05) is 0 Å². The molecule has 0 N–H and O–H groups in total. The van der Waals surface area contributed by atoms with Gasteiger partial charge in [-0.3, -0.25) is 0 Å². The largest absolute Gasteiger partial charge is 0.381 e. The van der Waals surface area contributed by atoms with Crippen molar-refractivity contribution >= 4 is 11.3 Å². The van der Waals surface area contributed by atoms with Gasteiger partial charge in [-0.25, -0.2) is 0 Å². The lowest BCUT2D eigenvalue weighted by molar-refractivity contribution is 0.112. The molecule has 0 aromatic heterocycles. The zero-order valence-electron chi connectivity index (χ0n) is 11.9. The van der Waals surface area contributed by atoms with Gasteiger partial charge < -0.3 is 4.74 Å². The third-order valence-corrected chi connectivity index (χ3v) is 4.12. The van der Waals surface area contributed by atoms with Gasteiger partial charge in [-0.05, 0) is 65.1 Å². The minimum absolute atomic E-state index is 0.387. The van der Waals surface area contributed by atoms with Crippen molar-refractivity contribution in [1.29, 1.82) is 0 Å². The highest BCUT2D eigenvalue weighted by molar-refractivity contribution is 7.07. The first kappa shape index (κ1) is 14.5. The van der Waals surface area contributed by atoms with E-state index < -0.39 is 0 Å². The van der Waals surface area contributed by atoms with E-state index in [4.69, 9.17) is 4.74 Å². The highest BCUT2D eigenvalue weighted by Crippen LogP contribution is 2.35. The minimum Gasteiger partial charge on any atom is -0.381 e. The summed E-state index contributed by atoms with van der Waals surface area (Å²) in [6.07, 6.45) is 2.30. The van der Waals surface area contributed by atoms with Crippen molar-refractivity contribution in [2.24, 2.45) is 5.92 Å². The molecule has 2 unspecified atom stereocenters. The zero-order valence-corrected chi connectivity index (χ0v) is 12.7. The molecule has 2 heteroatoms. The zero-order chi connectivity index (χ0) is 13.7. The van der Waals surface area contributed by atoms with Crippen LogP contribution < -0.4 is 0 Å². The van der Waals surface area contributed by atoms with Crippen LogP contribution >= 0.6 is 11.3 Å². The van der Waals surface area contributed by atoms with Crippen molar-refractivity contribution in [2.45, 2.75) is 32.6 Å². The maximum Gasteiger partial charge on any atom is 0.0491 e. The fourth-order valence-corrected chi connectivity index (χ4v) is 3.05. The Kier molecular flexibility index (Phi) is 5.41. The van der Waals surface area contributed by atoms with Crippen molar-refractivity contribution in [2.75, 3.05) is 13.2 Å². The summed E-state index contributed by atoms with van der Waals surface area (Å²) in [5, 5.41) is 4.39. The third kappa shape index (κ3) is 4.05. The Bertz CT molecular complexity index is 460. The van der Waals surface area contributed by atoms with E-state index in [0.717, 1.165) is 19.6 Å². The highest BCUT2D eigenvalue weighted by Gasteiger charge is 2.14. The van der Waals surface area contributed by atoms with Crippen molar-refractivity contribution in [3.8, 4) is 11.1 Å². The van der Waals surface area contributed by atoms with Crippen LogP contribution in [-0.4, -0.2) is 13.2 Å². The lowest BCUT2D eigenvalue weighted by Crippen LogP contribution is -2.04. The molecule has 0 aromatic rings. The van der Waals surface area contributed by atoms with Crippen molar-refractivity contribution in [1.82, 2.24) is 0 Å². The number of rotatable bonds is 7. The van der Waals surface area contributed by atoms with E-state index >= 15 is 0 Å². The van der Waals surface area contributed by atoms with Crippen LogP contribution in [-0.2, 0) is 4.74 Å². The molecule has 1 radical (unpaired) electrons.